The van der Waals surface area contributed by atoms with Crippen molar-refractivity contribution in [3.63, 3.8) is 0 Å². The molecule has 2 aliphatic rings. The van der Waals surface area contributed by atoms with Crippen LogP contribution in [0.4, 0.5) is 0 Å². The Hall–Kier alpha value is -0.380. The van der Waals surface area contributed by atoms with Gasteiger partial charge in [-0.15, -0.1) is 11.3 Å². The number of aryl methyl sites for hydroxylation is 2. The molecule has 1 saturated carbocycles. The summed E-state index contributed by atoms with van der Waals surface area (Å²) in [6.45, 7) is 2.38. The van der Waals surface area contributed by atoms with Crippen LogP contribution in [0.25, 0.3) is 0 Å². The molecule has 0 radical (unpaired) electrons. The normalized spacial score (nSPS) is 28.7. The third kappa shape index (κ3) is 3.10. The Morgan fingerprint density at radius 3 is 2.65 bits per heavy atom. The second-order valence-electron chi connectivity index (χ2n) is 6.82. The van der Waals surface area contributed by atoms with Gasteiger partial charge in [-0.05, 0) is 62.0 Å². The zero-order chi connectivity index (χ0) is 13.9. The van der Waals surface area contributed by atoms with Gasteiger partial charge in [-0.3, -0.25) is 11.3 Å². The van der Waals surface area contributed by atoms with Crippen molar-refractivity contribution in [3.05, 3.63) is 21.4 Å². The SMILES string of the molecule is CC1CCC(C(NN)c2cc3c(s2)CCCCC3)CC1. The van der Waals surface area contributed by atoms with Crippen molar-refractivity contribution >= 4 is 11.3 Å². The molecule has 1 aromatic heterocycles. The lowest BCUT2D eigenvalue weighted by Gasteiger charge is -2.31. The number of nitrogens with one attached hydrogen (secondary N) is 1. The smallest absolute Gasteiger partial charge is 0.0581 e. The lowest BCUT2D eigenvalue weighted by Crippen LogP contribution is -2.34. The van der Waals surface area contributed by atoms with Gasteiger partial charge in [0.2, 0.25) is 0 Å². The van der Waals surface area contributed by atoms with E-state index in [1.807, 2.05) is 11.3 Å². The molecular weight excluding hydrogens is 264 g/mol. The van der Waals surface area contributed by atoms with E-state index in [2.05, 4.69) is 18.4 Å². The van der Waals surface area contributed by atoms with Crippen molar-refractivity contribution in [2.75, 3.05) is 0 Å². The first-order valence-electron chi connectivity index (χ1n) is 8.35. The molecule has 0 bridgehead atoms. The molecule has 3 N–H and O–H groups in total. The van der Waals surface area contributed by atoms with Crippen molar-refractivity contribution in [3.8, 4) is 0 Å². The topological polar surface area (TPSA) is 38.0 Å². The zero-order valence-electron chi connectivity index (χ0n) is 12.7. The Balaban J connectivity index is 1.75. The van der Waals surface area contributed by atoms with Gasteiger partial charge in [0, 0.05) is 9.75 Å². The summed E-state index contributed by atoms with van der Waals surface area (Å²) in [6.07, 6.45) is 12.1. The molecule has 1 atom stereocenters. The second kappa shape index (κ2) is 6.59. The molecule has 1 fully saturated rings. The van der Waals surface area contributed by atoms with Crippen LogP contribution in [0.2, 0.25) is 0 Å². The summed E-state index contributed by atoms with van der Waals surface area (Å²) in [5, 5.41) is 0. The van der Waals surface area contributed by atoms with Gasteiger partial charge in [0.05, 0.1) is 6.04 Å². The molecule has 0 spiro atoms. The van der Waals surface area contributed by atoms with Gasteiger partial charge in [0.15, 0.2) is 0 Å². The average molecular weight is 292 g/mol. The van der Waals surface area contributed by atoms with E-state index in [1.54, 1.807) is 10.4 Å². The molecule has 0 amide bonds. The van der Waals surface area contributed by atoms with E-state index >= 15 is 0 Å². The van der Waals surface area contributed by atoms with Crippen molar-refractivity contribution in [2.45, 2.75) is 70.8 Å². The van der Waals surface area contributed by atoms with E-state index in [0.717, 1.165) is 11.8 Å². The molecule has 0 aliphatic heterocycles. The lowest BCUT2D eigenvalue weighted by atomic mass is 9.79. The Bertz CT molecular complexity index is 409. The van der Waals surface area contributed by atoms with Crippen LogP contribution >= 0.6 is 11.3 Å². The van der Waals surface area contributed by atoms with E-state index in [1.165, 1.54) is 62.7 Å². The molecule has 1 unspecified atom stereocenters. The predicted molar refractivity (Wildman–Crippen MR) is 86.8 cm³/mol. The standard InChI is InChI=1S/C17H28N2S/c1-12-7-9-13(10-8-12)17(19-18)16-11-14-5-3-2-4-6-15(14)20-16/h11-13,17,19H,2-10,18H2,1H3. The van der Waals surface area contributed by atoms with E-state index in [4.69, 9.17) is 5.84 Å². The van der Waals surface area contributed by atoms with Crippen LogP contribution in [-0.4, -0.2) is 0 Å². The number of nitrogens with two attached hydrogens (primary N) is 1. The number of rotatable bonds is 3. The fourth-order valence-corrected chi connectivity index (χ4v) is 5.33. The zero-order valence-corrected chi connectivity index (χ0v) is 13.5. The molecule has 3 heteroatoms. The van der Waals surface area contributed by atoms with Crippen LogP contribution in [0.1, 0.15) is 73.2 Å². The lowest BCUT2D eigenvalue weighted by molar-refractivity contribution is 0.234. The summed E-state index contributed by atoms with van der Waals surface area (Å²) in [6, 6.07) is 2.85. The fourth-order valence-electron chi connectivity index (χ4n) is 3.91. The monoisotopic (exact) mass is 292 g/mol. The van der Waals surface area contributed by atoms with E-state index in [9.17, 15) is 0 Å². The van der Waals surface area contributed by atoms with Crippen LogP contribution in [0.15, 0.2) is 6.07 Å². The molecule has 2 aliphatic carbocycles. The highest BCUT2D eigenvalue weighted by Gasteiger charge is 2.28. The van der Waals surface area contributed by atoms with Crippen LogP contribution in [0.5, 0.6) is 0 Å². The maximum atomic E-state index is 5.92. The molecule has 2 nitrogen and oxygen atoms in total. The van der Waals surface area contributed by atoms with Gasteiger partial charge in [-0.25, -0.2) is 0 Å². The van der Waals surface area contributed by atoms with E-state index in [-0.39, 0.29) is 0 Å². The first-order valence-corrected chi connectivity index (χ1v) is 9.17. The molecular formula is C17H28N2S. The quantitative estimate of drug-likeness (QED) is 0.494. The minimum absolute atomic E-state index is 0.388. The van der Waals surface area contributed by atoms with Gasteiger partial charge in [0.25, 0.3) is 0 Å². The number of hydrogen-bond acceptors (Lipinski definition) is 3. The summed E-state index contributed by atoms with van der Waals surface area (Å²) >= 11 is 2.03. The van der Waals surface area contributed by atoms with Crippen molar-refractivity contribution < 1.29 is 0 Å². The first kappa shape index (κ1) is 14.6. The Morgan fingerprint density at radius 1 is 1.15 bits per heavy atom. The van der Waals surface area contributed by atoms with Gasteiger partial charge in [-0.2, -0.15) is 0 Å². The van der Waals surface area contributed by atoms with Crippen LogP contribution in [0.3, 0.4) is 0 Å². The van der Waals surface area contributed by atoms with Crippen molar-refractivity contribution in [2.24, 2.45) is 17.7 Å². The number of hydrogen-bond donors (Lipinski definition) is 2. The molecule has 112 valence electrons. The Labute approximate surface area is 127 Å². The summed E-state index contributed by atoms with van der Waals surface area (Å²) in [5.41, 5.74) is 4.76. The number of hydrazine groups is 1. The van der Waals surface area contributed by atoms with Gasteiger partial charge in [0.1, 0.15) is 0 Å². The third-order valence-electron chi connectivity index (χ3n) is 5.28. The molecule has 1 heterocycles. The molecule has 0 aromatic carbocycles. The van der Waals surface area contributed by atoms with E-state index in [0.29, 0.717) is 6.04 Å². The minimum Gasteiger partial charge on any atom is -0.271 e. The number of fused-ring (bicyclic) bond motifs is 1. The molecule has 20 heavy (non-hydrogen) atoms. The average Bonchev–Trinajstić information content (AvgIpc) is 2.72. The maximum absolute atomic E-state index is 5.92. The Kier molecular flexibility index (Phi) is 4.79. The summed E-state index contributed by atoms with van der Waals surface area (Å²) in [5.74, 6) is 7.56. The van der Waals surface area contributed by atoms with Gasteiger partial charge >= 0.3 is 0 Å². The molecule has 1 aromatic rings. The van der Waals surface area contributed by atoms with Crippen LogP contribution < -0.4 is 11.3 Å². The summed E-state index contributed by atoms with van der Waals surface area (Å²) < 4.78 is 0. The maximum Gasteiger partial charge on any atom is 0.0581 e. The predicted octanol–water partition coefficient (Wildman–Crippen LogP) is 4.35. The van der Waals surface area contributed by atoms with Crippen molar-refractivity contribution in [1.82, 2.24) is 5.43 Å². The summed E-state index contributed by atoms with van der Waals surface area (Å²) in [4.78, 5) is 3.14. The Morgan fingerprint density at radius 2 is 1.90 bits per heavy atom. The van der Waals surface area contributed by atoms with Gasteiger partial charge < -0.3 is 0 Å². The third-order valence-corrected chi connectivity index (χ3v) is 6.60. The van der Waals surface area contributed by atoms with Crippen LogP contribution in [-0.2, 0) is 12.8 Å². The second-order valence-corrected chi connectivity index (χ2v) is 7.99. The largest absolute Gasteiger partial charge is 0.271 e. The van der Waals surface area contributed by atoms with Crippen LogP contribution in [0, 0.1) is 11.8 Å². The minimum atomic E-state index is 0.388. The van der Waals surface area contributed by atoms with E-state index < -0.39 is 0 Å². The molecule has 0 saturated heterocycles. The van der Waals surface area contributed by atoms with Crippen molar-refractivity contribution in [1.29, 1.82) is 0 Å². The number of thiophene rings is 1. The van der Waals surface area contributed by atoms with Gasteiger partial charge in [-0.1, -0.05) is 26.2 Å². The first-order chi connectivity index (χ1) is 9.78. The highest BCUT2D eigenvalue weighted by Crippen LogP contribution is 2.40. The molecule has 3 rings (SSSR count). The summed E-state index contributed by atoms with van der Waals surface area (Å²) in [7, 11) is 0. The fraction of sp³-hybridized carbons (Fsp3) is 0.765. The highest BCUT2D eigenvalue weighted by molar-refractivity contribution is 7.12. The highest BCUT2D eigenvalue weighted by atomic mass is 32.1.